The van der Waals surface area contributed by atoms with Crippen LogP contribution in [-0.2, 0) is 17.6 Å². The van der Waals surface area contributed by atoms with E-state index in [4.69, 9.17) is 9.72 Å². The Morgan fingerprint density at radius 2 is 2.00 bits per heavy atom. The van der Waals surface area contributed by atoms with E-state index in [2.05, 4.69) is 5.10 Å². The summed E-state index contributed by atoms with van der Waals surface area (Å²) >= 11 is 0. The quantitative estimate of drug-likeness (QED) is 0.797. The number of amides is 1. The normalized spacial score (nSPS) is 18.6. The Labute approximate surface area is 148 Å². The van der Waals surface area contributed by atoms with Crippen LogP contribution in [0.25, 0.3) is 5.65 Å². The van der Waals surface area contributed by atoms with E-state index in [9.17, 15) is 4.79 Å². The molecule has 1 aliphatic carbocycles. The molecular weight excluding hydrogens is 316 g/mol. The summed E-state index contributed by atoms with van der Waals surface area (Å²) in [6, 6.07) is 1.97. The van der Waals surface area contributed by atoms with Crippen molar-refractivity contribution in [2.75, 3.05) is 13.1 Å². The molecule has 2 aliphatic rings. The minimum Gasteiger partial charge on any atom is -0.444 e. The van der Waals surface area contributed by atoms with E-state index in [1.54, 1.807) is 0 Å². The largest absolute Gasteiger partial charge is 0.444 e. The molecule has 6 nitrogen and oxygen atoms in total. The minimum atomic E-state index is -0.466. The number of nitrogens with zero attached hydrogens (tertiary/aromatic N) is 4. The SMILES string of the molecule is CC(C)(C)OC(=O)N1CCc2nc3ccnn3c(C3CCC3)c2CC1. The van der Waals surface area contributed by atoms with E-state index >= 15 is 0 Å². The van der Waals surface area contributed by atoms with E-state index in [-0.39, 0.29) is 6.09 Å². The van der Waals surface area contributed by atoms with Crippen molar-refractivity contribution in [3.8, 4) is 0 Å². The fourth-order valence-corrected chi connectivity index (χ4v) is 3.74. The Bertz CT molecular complexity index is 802. The summed E-state index contributed by atoms with van der Waals surface area (Å²) in [4.78, 5) is 19.1. The maximum absolute atomic E-state index is 12.5. The maximum atomic E-state index is 12.5. The summed E-state index contributed by atoms with van der Waals surface area (Å²) in [6.45, 7) is 7.05. The Kier molecular flexibility index (Phi) is 3.93. The second-order valence-electron chi connectivity index (χ2n) is 8.12. The van der Waals surface area contributed by atoms with Crippen molar-refractivity contribution in [1.29, 1.82) is 0 Å². The third-order valence-electron chi connectivity index (χ3n) is 5.15. The first kappa shape index (κ1) is 16.4. The van der Waals surface area contributed by atoms with E-state index in [1.807, 2.05) is 42.4 Å². The van der Waals surface area contributed by atoms with Crippen molar-refractivity contribution in [1.82, 2.24) is 19.5 Å². The molecule has 3 heterocycles. The predicted octanol–water partition coefficient (Wildman–Crippen LogP) is 3.33. The minimum absolute atomic E-state index is 0.227. The van der Waals surface area contributed by atoms with Crippen LogP contribution in [-0.4, -0.2) is 44.3 Å². The number of rotatable bonds is 1. The predicted molar refractivity (Wildman–Crippen MR) is 94.8 cm³/mol. The average molecular weight is 342 g/mol. The number of carbonyl (C=O) groups is 1. The molecule has 0 spiro atoms. The monoisotopic (exact) mass is 342 g/mol. The number of aromatic nitrogens is 3. The molecule has 0 radical (unpaired) electrons. The van der Waals surface area contributed by atoms with Gasteiger partial charge < -0.3 is 9.64 Å². The fourth-order valence-electron chi connectivity index (χ4n) is 3.74. The molecule has 0 unspecified atom stereocenters. The molecule has 4 rings (SSSR count). The van der Waals surface area contributed by atoms with Gasteiger partial charge in [0.2, 0.25) is 0 Å². The standard InChI is InChI=1S/C19H26N4O2/c1-19(2,3)25-18(24)22-11-8-14-15(9-12-22)21-16-7-10-20-23(16)17(14)13-5-4-6-13/h7,10,13H,4-6,8-9,11-12H2,1-3H3. The number of ether oxygens (including phenoxy) is 1. The number of hydrogen-bond acceptors (Lipinski definition) is 4. The van der Waals surface area contributed by atoms with Crippen LogP contribution >= 0.6 is 0 Å². The average Bonchev–Trinajstić information content (AvgIpc) is 2.82. The highest BCUT2D eigenvalue weighted by Gasteiger charge is 2.31. The van der Waals surface area contributed by atoms with Crippen LogP contribution in [0.5, 0.6) is 0 Å². The van der Waals surface area contributed by atoms with Gasteiger partial charge in [-0.25, -0.2) is 14.3 Å². The van der Waals surface area contributed by atoms with Crippen LogP contribution < -0.4 is 0 Å². The van der Waals surface area contributed by atoms with Crippen LogP contribution in [0.2, 0.25) is 0 Å². The molecule has 6 heteroatoms. The van der Waals surface area contributed by atoms with E-state index in [1.165, 1.54) is 30.5 Å². The number of fused-ring (bicyclic) bond motifs is 2. The first-order valence-electron chi connectivity index (χ1n) is 9.26. The first-order chi connectivity index (χ1) is 11.9. The van der Waals surface area contributed by atoms with Gasteiger partial charge >= 0.3 is 6.09 Å². The second-order valence-corrected chi connectivity index (χ2v) is 8.12. The summed E-state index contributed by atoms with van der Waals surface area (Å²) in [5.74, 6) is 0.576. The van der Waals surface area contributed by atoms with Gasteiger partial charge in [-0.2, -0.15) is 5.10 Å². The highest BCUT2D eigenvalue weighted by molar-refractivity contribution is 5.68. The van der Waals surface area contributed by atoms with Gasteiger partial charge in [-0.1, -0.05) is 6.42 Å². The van der Waals surface area contributed by atoms with Gasteiger partial charge in [0.15, 0.2) is 5.65 Å². The molecular formula is C19H26N4O2. The zero-order chi connectivity index (χ0) is 17.6. The van der Waals surface area contributed by atoms with Crippen molar-refractivity contribution in [2.45, 2.75) is 64.4 Å². The van der Waals surface area contributed by atoms with Crippen LogP contribution in [0.1, 0.15) is 62.9 Å². The Morgan fingerprint density at radius 1 is 1.24 bits per heavy atom. The second kappa shape index (κ2) is 6.00. The van der Waals surface area contributed by atoms with E-state index < -0.39 is 5.60 Å². The summed E-state index contributed by atoms with van der Waals surface area (Å²) in [5, 5.41) is 4.51. The third-order valence-corrected chi connectivity index (χ3v) is 5.15. The van der Waals surface area contributed by atoms with Gasteiger partial charge in [0.05, 0.1) is 11.9 Å². The lowest BCUT2D eigenvalue weighted by molar-refractivity contribution is 0.0258. The summed E-state index contributed by atoms with van der Waals surface area (Å²) in [7, 11) is 0. The van der Waals surface area contributed by atoms with Gasteiger partial charge in [0.25, 0.3) is 0 Å². The topological polar surface area (TPSA) is 59.7 Å². The molecule has 2 aromatic heterocycles. The van der Waals surface area contributed by atoms with Crippen molar-refractivity contribution in [3.63, 3.8) is 0 Å². The van der Waals surface area contributed by atoms with Crippen LogP contribution in [0.3, 0.4) is 0 Å². The van der Waals surface area contributed by atoms with Gasteiger partial charge in [-0.05, 0) is 45.6 Å². The number of carbonyl (C=O) groups excluding carboxylic acids is 1. The molecule has 0 aromatic carbocycles. The molecule has 25 heavy (non-hydrogen) atoms. The molecule has 1 aliphatic heterocycles. The van der Waals surface area contributed by atoms with Crippen molar-refractivity contribution in [2.24, 2.45) is 0 Å². The molecule has 0 N–H and O–H groups in total. The lowest BCUT2D eigenvalue weighted by Gasteiger charge is -2.29. The van der Waals surface area contributed by atoms with Crippen LogP contribution in [0, 0.1) is 0 Å². The molecule has 1 saturated carbocycles. The van der Waals surface area contributed by atoms with Crippen molar-refractivity contribution < 1.29 is 9.53 Å². The lowest BCUT2D eigenvalue weighted by Crippen LogP contribution is -2.38. The first-order valence-corrected chi connectivity index (χ1v) is 9.26. The smallest absolute Gasteiger partial charge is 0.410 e. The van der Waals surface area contributed by atoms with Gasteiger partial charge in [0.1, 0.15) is 5.60 Å². The Morgan fingerprint density at radius 3 is 2.68 bits per heavy atom. The molecule has 0 bridgehead atoms. The van der Waals surface area contributed by atoms with Crippen LogP contribution in [0.4, 0.5) is 4.79 Å². The maximum Gasteiger partial charge on any atom is 0.410 e. The third kappa shape index (κ3) is 3.10. The molecule has 0 atom stereocenters. The fraction of sp³-hybridized carbons (Fsp3) is 0.632. The highest BCUT2D eigenvalue weighted by Crippen LogP contribution is 2.39. The van der Waals surface area contributed by atoms with Gasteiger partial charge in [0, 0.05) is 37.2 Å². The lowest BCUT2D eigenvalue weighted by atomic mass is 9.80. The molecule has 1 amide bonds. The molecule has 134 valence electrons. The molecule has 0 saturated heterocycles. The molecule has 2 aromatic rings. The summed E-state index contributed by atoms with van der Waals surface area (Å²) < 4.78 is 7.57. The van der Waals surface area contributed by atoms with Gasteiger partial charge in [-0.15, -0.1) is 0 Å². The Balaban J connectivity index is 1.64. The Hall–Kier alpha value is -2.11. The summed E-state index contributed by atoms with van der Waals surface area (Å²) in [5.41, 5.74) is 4.20. The van der Waals surface area contributed by atoms with E-state index in [0.29, 0.717) is 19.0 Å². The summed E-state index contributed by atoms with van der Waals surface area (Å²) in [6.07, 6.45) is 6.93. The van der Waals surface area contributed by atoms with E-state index in [0.717, 1.165) is 24.2 Å². The highest BCUT2D eigenvalue weighted by atomic mass is 16.6. The van der Waals surface area contributed by atoms with Gasteiger partial charge in [-0.3, -0.25) is 0 Å². The zero-order valence-corrected chi connectivity index (χ0v) is 15.3. The van der Waals surface area contributed by atoms with Crippen molar-refractivity contribution >= 4 is 11.7 Å². The van der Waals surface area contributed by atoms with Crippen LogP contribution in [0.15, 0.2) is 12.3 Å². The van der Waals surface area contributed by atoms with Crippen molar-refractivity contribution in [3.05, 3.63) is 29.2 Å². The number of hydrogen-bond donors (Lipinski definition) is 0. The molecule has 1 fully saturated rings. The zero-order valence-electron chi connectivity index (χ0n) is 15.3.